The number of carboxylic acids is 1. The molecule has 2 aromatic carbocycles. The molecule has 1 saturated heterocycles. The molecule has 1 saturated carbocycles. The van der Waals surface area contributed by atoms with Gasteiger partial charge in [0, 0.05) is 18.0 Å². The van der Waals surface area contributed by atoms with Crippen molar-refractivity contribution in [2.24, 2.45) is 5.92 Å². The molecule has 0 unspecified atom stereocenters. The molecule has 3 aromatic rings. The van der Waals surface area contributed by atoms with Gasteiger partial charge in [-0.05, 0) is 56.0 Å². The molecule has 46 heavy (non-hydrogen) atoms. The van der Waals surface area contributed by atoms with Gasteiger partial charge >= 0.3 is 18.2 Å². The number of hydrogen-bond acceptors (Lipinski definition) is 7. The first-order valence-corrected chi connectivity index (χ1v) is 15.1. The van der Waals surface area contributed by atoms with Crippen molar-refractivity contribution in [2.75, 3.05) is 11.9 Å². The van der Waals surface area contributed by atoms with E-state index in [1.807, 2.05) is 6.08 Å². The van der Waals surface area contributed by atoms with Crippen molar-refractivity contribution in [3.63, 3.8) is 0 Å². The number of aromatic nitrogens is 1. The number of carbonyl (C=O) groups excluding carboxylic acids is 2. The van der Waals surface area contributed by atoms with Crippen LogP contribution in [0, 0.1) is 11.7 Å². The van der Waals surface area contributed by atoms with E-state index in [1.54, 1.807) is 30.3 Å². The number of amides is 2. The highest BCUT2D eigenvalue weighted by molar-refractivity contribution is 5.96. The minimum Gasteiger partial charge on any atom is -0.479 e. The first-order valence-electron chi connectivity index (χ1n) is 15.1. The number of ether oxygens (including phenoxy) is 1. The van der Waals surface area contributed by atoms with Crippen molar-refractivity contribution in [3.8, 4) is 6.08 Å². The molecule has 2 fully saturated rings. The Balaban J connectivity index is 1.31. The zero-order valence-corrected chi connectivity index (χ0v) is 24.6. The SMILES string of the molecule is O=C1N[C@]2(C(=O)O)C[C@@H]2/C=C\CCCCC[C@H](Nc2cc(F)cc(C(F)(F)F)c2)C(=O)N2C[C@H](Oc3nc4ccccc4o3)C[C@@H]12. The number of hydrogen-bond donors (Lipinski definition) is 3. The summed E-state index contributed by atoms with van der Waals surface area (Å²) in [4.78, 5) is 45.7. The van der Waals surface area contributed by atoms with E-state index in [2.05, 4.69) is 15.6 Å². The van der Waals surface area contributed by atoms with E-state index in [-0.39, 0.29) is 37.6 Å². The van der Waals surface area contributed by atoms with Gasteiger partial charge in [-0.15, -0.1) is 0 Å². The number of allylic oxidation sites excluding steroid dienone is 1. The number of fused-ring (bicyclic) bond motifs is 3. The van der Waals surface area contributed by atoms with Gasteiger partial charge in [0.15, 0.2) is 5.58 Å². The average molecular weight is 645 g/mol. The normalized spacial score (nSPS) is 28.0. The van der Waals surface area contributed by atoms with Gasteiger partial charge in [-0.25, -0.2) is 9.18 Å². The van der Waals surface area contributed by atoms with Gasteiger partial charge in [-0.3, -0.25) is 9.59 Å². The third kappa shape index (κ3) is 6.51. The van der Waals surface area contributed by atoms with Crippen LogP contribution >= 0.6 is 0 Å². The molecular weight excluding hydrogens is 612 g/mol. The van der Waals surface area contributed by atoms with Crippen LogP contribution in [0.3, 0.4) is 0 Å². The van der Waals surface area contributed by atoms with Crippen molar-refractivity contribution >= 4 is 34.6 Å². The Morgan fingerprint density at radius 1 is 1.15 bits per heavy atom. The highest BCUT2D eigenvalue weighted by Crippen LogP contribution is 2.45. The van der Waals surface area contributed by atoms with E-state index < -0.39 is 65.0 Å². The molecule has 3 heterocycles. The predicted molar refractivity (Wildman–Crippen MR) is 156 cm³/mol. The molecule has 3 aliphatic rings. The van der Waals surface area contributed by atoms with E-state index in [9.17, 15) is 37.1 Å². The van der Waals surface area contributed by atoms with Crippen molar-refractivity contribution in [2.45, 2.75) is 74.8 Å². The number of halogens is 4. The number of nitrogens with one attached hydrogen (secondary N) is 2. The summed E-state index contributed by atoms with van der Waals surface area (Å²) in [6, 6.07) is 6.63. The maximum absolute atomic E-state index is 14.3. The van der Waals surface area contributed by atoms with Crippen LogP contribution in [0.1, 0.15) is 50.5 Å². The Kier molecular flexibility index (Phi) is 8.38. The fourth-order valence-corrected chi connectivity index (χ4v) is 6.23. The molecule has 10 nitrogen and oxygen atoms in total. The smallest absolute Gasteiger partial charge is 0.416 e. The van der Waals surface area contributed by atoms with Gasteiger partial charge in [0.05, 0.1) is 12.1 Å². The first kappa shape index (κ1) is 31.4. The highest BCUT2D eigenvalue weighted by atomic mass is 19.4. The monoisotopic (exact) mass is 644 g/mol. The van der Waals surface area contributed by atoms with Crippen LogP contribution in [0.5, 0.6) is 6.08 Å². The average Bonchev–Trinajstić information content (AvgIpc) is 3.31. The van der Waals surface area contributed by atoms with E-state index in [1.165, 1.54) is 4.90 Å². The van der Waals surface area contributed by atoms with Gasteiger partial charge in [-0.2, -0.15) is 18.2 Å². The Morgan fingerprint density at radius 2 is 1.96 bits per heavy atom. The lowest BCUT2D eigenvalue weighted by molar-refractivity contribution is -0.145. The highest BCUT2D eigenvalue weighted by Gasteiger charge is 2.61. The van der Waals surface area contributed by atoms with E-state index >= 15 is 0 Å². The first-order chi connectivity index (χ1) is 21.9. The van der Waals surface area contributed by atoms with Crippen LogP contribution in [0.4, 0.5) is 23.2 Å². The predicted octanol–water partition coefficient (Wildman–Crippen LogP) is 5.29. The molecular formula is C32H32F4N4O6. The fraction of sp³-hybridized carbons (Fsp3) is 0.438. The maximum atomic E-state index is 14.3. The van der Waals surface area contributed by atoms with Crippen LogP contribution in [0.25, 0.3) is 11.1 Å². The maximum Gasteiger partial charge on any atom is 0.416 e. The largest absolute Gasteiger partial charge is 0.479 e. The second-order valence-corrected chi connectivity index (χ2v) is 12.0. The van der Waals surface area contributed by atoms with Crippen LogP contribution in [0.2, 0.25) is 0 Å². The van der Waals surface area contributed by atoms with Crippen molar-refractivity contribution < 1.29 is 46.2 Å². The van der Waals surface area contributed by atoms with Crippen LogP contribution in [-0.4, -0.2) is 63.0 Å². The number of nitrogens with zero attached hydrogens (tertiary/aromatic N) is 2. The lowest BCUT2D eigenvalue weighted by atomic mass is 10.0. The number of oxazole rings is 1. The van der Waals surface area contributed by atoms with Gasteiger partial charge in [0.25, 0.3) is 0 Å². The molecule has 1 aromatic heterocycles. The Bertz CT molecular complexity index is 1640. The number of alkyl halides is 3. The summed E-state index contributed by atoms with van der Waals surface area (Å²) in [6.07, 6.45) is 0.888. The molecule has 0 spiro atoms. The summed E-state index contributed by atoms with van der Waals surface area (Å²) >= 11 is 0. The third-order valence-corrected chi connectivity index (χ3v) is 8.73. The summed E-state index contributed by atoms with van der Waals surface area (Å²) in [7, 11) is 0. The summed E-state index contributed by atoms with van der Waals surface area (Å²) in [6.45, 7) is -0.117. The molecule has 244 valence electrons. The van der Waals surface area contributed by atoms with Gasteiger partial charge < -0.3 is 29.8 Å². The van der Waals surface area contributed by atoms with E-state index in [0.717, 1.165) is 18.6 Å². The third-order valence-electron chi connectivity index (χ3n) is 8.73. The van der Waals surface area contributed by atoms with Crippen LogP contribution in [-0.2, 0) is 20.6 Å². The molecule has 2 aliphatic heterocycles. The number of rotatable bonds is 5. The second kappa shape index (κ2) is 12.3. The number of carboxylic acid groups (broad SMARTS) is 1. The molecule has 0 bridgehead atoms. The minimum atomic E-state index is -4.81. The van der Waals surface area contributed by atoms with Crippen molar-refractivity contribution in [3.05, 3.63) is 66.0 Å². The molecule has 14 heteroatoms. The second-order valence-electron chi connectivity index (χ2n) is 12.0. The van der Waals surface area contributed by atoms with Crippen LogP contribution in [0.15, 0.2) is 59.0 Å². The Morgan fingerprint density at radius 3 is 2.72 bits per heavy atom. The number of anilines is 1. The van der Waals surface area contributed by atoms with E-state index in [4.69, 9.17) is 9.15 Å². The summed E-state index contributed by atoms with van der Waals surface area (Å²) < 4.78 is 66.2. The van der Waals surface area contributed by atoms with Gasteiger partial charge in [-0.1, -0.05) is 37.1 Å². The molecule has 3 N–H and O–H groups in total. The molecule has 6 rings (SSSR count). The quantitative estimate of drug-likeness (QED) is 0.252. The summed E-state index contributed by atoms with van der Waals surface area (Å²) in [5, 5.41) is 15.5. The molecule has 2 amide bonds. The standard InChI is InChI=1S/C32H32F4N4O6/c33-20-12-19(32(34,35)36)13-21(14-20)37-24-10-5-3-1-2-4-8-18-16-31(18,29(43)44)39-27(41)25-15-22(17-40(25)28(24)42)45-30-38-23-9-6-7-11-26(23)46-30/h4,6-9,11-14,18,22,24-25,37H,1-3,5,10,15-17H2,(H,39,41)(H,43,44)/b8-4-/t18-,22+,24-,25-,31+/m0/s1. The fourth-order valence-electron chi connectivity index (χ4n) is 6.23. The molecule has 1 aliphatic carbocycles. The number of benzene rings is 2. The Labute approximate surface area is 260 Å². The van der Waals surface area contributed by atoms with Crippen LogP contribution < -0.4 is 15.4 Å². The van der Waals surface area contributed by atoms with Crippen molar-refractivity contribution in [1.82, 2.24) is 15.2 Å². The lowest BCUT2D eigenvalue weighted by Gasteiger charge is -2.30. The zero-order valence-electron chi connectivity index (χ0n) is 24.6. The number of carbonyl (C=O) groups is 3. The van der Waals surface area contributed by atoms with Gasteiger partial charge in [0.1, 0.15) is 35.1 Å². The Hall–Kier alpha value is -4.62. The minimum absolute atomic E-state index is 0.0303. The van der Waals surface area contributed by atoms with Crippen molar-refractivity contribution in [1.29, 1.82) is 0 Å². The van der Waals surface area contributed by atoms with E-state index in [0.29, 0.717) is 36.4 Å². The zero-order chi connectivity index (χ0) is 32.6. The van der Waals surface area contributed by atoms with Gasteiger partial charge in [0.2, 0.25) is 11.8 Å². The topological polar surface area (TPSA) is 134 Å². The summed E-state index contributed by atoms with van der Waals surface area (Å²) in [5.41, 5.74) is -1.97. The molecule has 5 atom stereocenters. The molecule has 0 radical (unpaired) electrons. The summed E-state index contributed by atoms with van der Waals surface area (Å²) in [5.74, 6) is -4.06. The lowest BCUT2D eigenvalue weighted by Crippen LogP contribution is -2.55. The number of para-hydroxylation sites is 2. The number of aliphatic carboxylic acids is 1.